The number of allylic oxidation sites excluding steroid dienone is 1. The number of Topliss-reactive ketones (excluding diaryl/α,β-unsaturated/α-hetero) is 1. The fraction of sp³-hybridized carbons (Fsp3) is 0. The maximum absolute atomic E-state index is 13.2. The van der Waals surface area contributed by atoms with Gasteiger partial charge in [0, 0.05) is 5.57 Å². The number of hydrogen-bond acceptors (Lipinski definition) is 2. The zero-order valence-corrected chi connectivity index (χ0v) is 14.7. The SMILES string of the molecule is O=C(C(=Cc1ccc2ccccc2c1)c1ccccc1)c1ccccc1O. The molecule has 0 saturated heterocycles. The van der Waals surface area contributed by atoms with Crippen LogP contribution in [-0.4, -0.2) is 10.9 Å². The van der Waals surface area contributed by atoms with E-state index in [-0.39, 0.29) is 11.5 Å². The van der Waals surface area contributed by atoms with Crippen LogP contribution in [0.5, 0.6) is 5.75 Å². The average molecular weight is 350 g/mol. The van der Waals surface area contributed by atoms with Gasteiger partial charge in [-0.05, 0) is 46.2 Å². The van der Waals surface area contributed by atoms with Gasteiger partial charge in [0.15, 0.2) is 5.78 Å². The number of phenols is 1. The molecule has 0 aromatic heterocycles. The molecule has 4 aromatic carbocycles. The number of rotatable bonds is 4. The number of fused-ring (bicyclic) bond motifs is 1. The van der Waals surface area contributed by atoms with Crippen LogP contribution in [0.2, 0.25) is 0 Å². The summed E-state index contributed by atoms with van der Waals surface area (Å²) in [6.45, 7) is 0. The van der Waals surface area contributed by atoms with Gasteiger partial charge in [0.1, 0.15) is 5.75 Å². The fourth-order valence-corrected chi connectivity index (χ4v) is 3.17. The second-order valence-electron chi connectivity index (χ2n) is 6.38. The molecule has 4 aromatic rings. The highest BCUT2D eigenvalue weighted by Gasteiger charge is 2.17. The van der Waals surface area contributed by atoms with Gasteiger partial charge in [0.2, 0.25) is 0 Å². The maximum atomic E-state index is 13.2. The van der Waals surface area contributed by atoms with Crippen molar-refractivity contribution in [1.82, 2.24) is 0 Å². The van der Waals surface area contributed by atoms with Crippen LogP contribution < -0.4 is 0 Å². The van der Waals surface area contributed by atoms with Gasteiger partial charge in [-0.1, -0.05) is 78.9 Å². The lowest BCUT2D eigenvalue weighted by Crippen LogP contribution is -2.03. The highest BCUT2D eigenvalue weighted by molar-refractivity contribution is 6.33. The third-order valence-corrected chi connectivity index (χ3v) is 4.56. The molecule has 0 unspecified atom stereocenters. The number of carbonyl (C=O) groups excluding carboxylic acids is 1. The Morgan fingerprint density at radius 1 is 0.704 bits per heavy atom. The highest BCUT2D eigenvalue weighted by Crippen LogP contribution is 2.28. The van der Waals surface area contributed by atoms with E-state index >= 15 is 0 Å². The fourth-order valence-electron chi connectivity index (χ4n) is 3.17. The summed E-state index contributed by atoms with van der Waals surface area (Å²) in [5, 5.41) is 12.4. The monoisotopic (exact) mass is 350 g/mol. The van der Waals surface area contributed by atoms with Crippen molar-refractivity contribution in [2.24, 2.45) is 0 Å². The molecule has 0 radical (unpaired) electrons. The number of benzene rings is 4. The summed E-state index contributed by atoms with van der Waals surface area (Å²) < 4.78 is 0. The van der Waals surface area contributed by atoms with Crippen molar-refractivity contribution < 1.29 is 9.90 Å². The van der Waals surface area contributed by atoms with Gasteiger partial charge >= 0.3 is 0 Å². The molecular weight excluding hydrogens is 332 g/mol. The molecule has 0 bridgehead atoms. The van der Waals surface area contributed by atoms with Crippen LogP contribution in [0, 0.1) is 0 Å². The van der Waals surface area contributed by atoms with Gasteiger partial charge in [0.25, 0.3) is 0 Å². The Morgan fingerprint density at radius 3 is 2.15 bits per heavy atom. The lowest BCUT2D eigenvalue weighted by molar-refractivity contribution is 0.105. The summed E-state index contributed by atoms with van der Waals surface area (Å²) in [7, 11) is 0. The van der Waals surface area contributed by atoms with Crippen LogP contribution in [0.1, 0.15) is 21.5 Å². The van der Waals surface area contributed by atoms with E-state index in [4.69, 9.17) is 0 Å². The Hall–Kier alpha value is -3.65. The first-order valence-electron chi connectivity index (χ1n) is 8.81. The summed E-state index contributed by atoms with van der Waals surface area (Å²) in [5.41, 5.74) is 2.61. The Balaban J connectivity index is 1.86. The van der Waals surface area contributed by atoms with E-state index < -0.39 is 0 Å². The van der Waals surface area contributed by atoms with E-state index in [0.717, 1.165) is 21.9 Å². The zero-order valence-electron chi connectivity index (χ0n) is 14.7. The molecule has 0 aliphatic heterocycles. The van der Waals surface area contributed by atoms with Crippen LogP contribution >= 0.6 is 0 Å². The summed E-state index contributed by atoms with van der Waals surface area (Å²) in [4.78, 5) is 13.2. The van der Waals surface area contributed by atoms with E-state index in [1.54, 1.807) is 18.2 Å². The Labute approximate surface area is 158 Å². The molecule has 0 amide bonds. The normalized spacial score (nSPS) is 11.5. The molecule has 0 fully saturated rings. The van der Waals surface area contributed by atoms with Crippen molar-refractivity contribution in [2.75, 3.05) is 0 Å². The minimum atomic E-state index is -0.201. The third kappa shape index (κ3) is 3.51. The summed E-state index contributed by atoms with van der Waals surface area (Å²) in [6, 6.07) is 30.4. The van der Waals surface area contributed by atoms with E-state index in [1.165, 1.54) is 6.07 Å². The highest BCUT2D eigenvalue weighted by atomic mass is 16.3. The van der Waals surface area contributed by atoms with Crippen LogP contribution in [0.3, 0.4) is 0 Å². The quantitative estimate of drug-likeness (QED) is 0.280. The van der Waals surface area contributed by atoms with Gasteiger partial charge in [-0.15, -0.1) is 0 Å². The lowest BCUT2D eigenvalue weighted by Gasteiger charge is -2.09. The smallest absolute Gasteiger partial charge is 0.197 e. The van der Waals surface area contributed by atoms with Gasteiger partial charge in [-0.3, -0.25) is 4.79 Å². The van der Waals surface area contributed by atoms with Crippen molar-refractivity contribution in [3.8, 4) is 5.75 Å². The zero-order chi connectivity index (χ0) is 18.6. The number of hydrogen-bond donors (Lipinski definition) is 1. The van der Waals surface area contributed by atoms with E-state index in [0.29, 0.717) is 11.1 Å². The predicted molar refractivity (Wildman–Crippen MR) is 111 cm³/mol. The molecule has 27 heavy (non-hydrogen) atoms. The second-order valence-corrected chi connectivity index (χ2v) is 6.38. The number of phenolic OH excluding ortho intramolecular Hbond substituents is 1. The largest absolute Gasteiger partial charge is 0.507 e. The first kappa shape index (κ1) is 16.8. The van der Waals surface area contributed by atoms with Crippen LogP contribution in [0.15, 0.2) is 97.1 Å². The van der Waals surface area contributed by atoms with E-state index in [9.17, 15) is 9.90 Å². The second kappa shape index (κ2) is 7.30. The maximum Gasteiger partial charge on any atom is 0.197 e. The Morgan fingerprint density at radius 2 is 1.37 bits per heavy atom. The van der Waals surface area contributed by atoms with Crippen molar-refractivity contribution in [1.29, 1.82) is 0 Å². The molecule has 0 aliphatic rings. The summed E-state index contributed by atoms with van der Waals surface area (Å²) in [5.74, 6) is -0.213. The Bertz CT molecular complexity index is 1140. The Kier molecular flexibility index (Phi) is 4.54. The van der Waals surface area contributed by atoms with Crippen LogP contribution in [-0.2, 0) is 0 Å². The van der Waals surface area contributed by atoms with Crippen molar-refractivity contribution >= 4 is 28.2 Å². The minimum Gasteiger partial charge on any atom is -0.507 e. The molecule has 130 valence electrons. The minimum absolute atomic E-state index is 0.0113. The molecule has 4 rings (SSSR count). The first-order chi connectivity index (χ1) is 13.2. The lowest BCUT2D eigenvalue weighted by atomic mass is 9.94. The standard InChI is InChI=1S/C25H18O2/c26-24-13-7-6-12-22(24)25(27)23(20-9-2-1-3-10-20)17-18-14-15-19-8-4-5-11-21(19)16-18/h1-17,26H. The number of ketones is 1. The molecule has 0 atom stereocenters. The topological polar surface area (TPSA) is 37.3 Å². The molecule has 1 N–H and O–H groups in total. The van der Waals surface area contributed by atoms with E-state index in [1.807, 2.05) is 60.7 Å². The van der Waals surface area contributed by atoms with E-state index in [2.05, 4.69) is 18.2 Å². The molecule has 0 spiro atoms. The number of aromatic hydroxyl groups is 1. The van der Waals surface area contributed by atoms with Gasteiger partial charge < -0.3 is 5.11 Å². The molecule has 2 heteroatoms. The summed E-state index contributed by atoms with van der Waals surface area (Å²) >= 11 is 0. The predicted octanol–water partition coefficient (Wildman–Crippen LogP) is 5.97. The average Bonchev–Trinajstić information content (AvgIpc) is 2.72. The van der Waals surface area contributed by atoms with Gasteiger partial charge in [0.05, 0.1) is 5.56 Å². The number of para-hydroxylation sites is 1. The number of carbonyl (C=O) groups is 1. The molecule has 0 saturated carbocycles. The van der Waals surface area contributed by atoms with Crippen LogP contribution in [0.4, 0.5) is 0 Å². The van der Waals surface area contributed by atoms with Gasteiger partial charge in [-0.2, -0.15) is 0 Å². The van der Waals surface area contributed by atoms with Crippen molar-refractivity contribution in [3.05, 3.63) is 114 Å². The van der Waals surface area contributed by atoms with Gasteiger partial charge in [-0.25, -0.2) is 0 Å². The molecule has 2 nitrogen and oxygen atoms in total. The van der Waals surface area contributed by atoms with Crippen molar-refractivity contribution in [3.63, 3.8) is 0 Å². The first-order valence-corrected chi connectivity index (χ1v) is 8.81. The van der Waals surface area contributed by atoms with Crippen LogP contribution in [0.25, 0.3) is 22.4 Å². The molecule has 0 heterocycles. The molecule has 0 aliphatic carbocycles. The van der Waals surface area contributed by atoms with Crippen molar-refractivity contribution in [2.45, 2.75) is 0 Å². The summed E-state index contributed by atoms with van der Waals surface area (Å²) in [6.07, 6.45) is 1.89. The molecular formula is C25H18O2. The third-order valence-electron chi connectivity index (χ3n) is 4.56.